The van der Waals surface area contributed by atoms with Crippen LogP contribution in [0.2, 0.25) is 0 Å². The molecule has 3 heterocycles. The number of aromatic amines is 1. The number of hydrogen-bond acceptors (Lipinski definition) is 6. The van der Waals surface area contributed by atoms with Crippen molar-refractivity contribution in [1.82, 2.24) is 20.2 Å². The van der Waals surface area contributed by atoms with Crippen molar-refractivity contribution in [2.45, 2.75) is 11.2 Å². The number of carbonyl (C=O) groups excluding carboxylic acids is 1. The smallest absolute Gasteiger partial charge is 0.238 e. The summed E-state index contributed by atoms with van der Waals surface area (Å²) in [4.78, 5) is 23.7. The predicted octanol–water partition coefficient (Wildman–Crippen LogP) is 4.13. The first-order chi connectivity index (χ1) is 15.3. The van der Waals surface area contributed by atoms with Gasteiger partial charge in [-0.1, -0.05) is 54.2 Å². The Labute approximate surface area is 183 Å². The zero-order chi connectivity index (χ0) is 21.0. The van der Waals surface area contributed by atoms with Crippen molar-refractivity contribution in [1.29, 1.82) is 0 Å². The molecule has 154 valence electrons. The lowest BCUT2D eigenvalue weighted by Crippen LogP contribution is -2.42. The van der Waals surface area contributed by atoms with Gasteiger partial charge in [0, 0.05) is 18.0 Å². The molecule has 1 atom stereocenters. The summed E-state index contributed by atoms with van der Waals surface area (Å²) in [6.07, 6.45) is 3.40. The van der Waals surface area contributed by atoms with E-state index >= 15 is 0 Å². The number of thioether (sulfide) groups is 1. The quantitative estimate of drug-likeness (QED) is 0.481. The standard InChI is InChI=1S/C23H19N5O2S/c29-21(15-31-23-25-22(26-27-23)17-10-12-24-13-11-17)28-18-8-4-5-9-20(18)30-14-19(28)16-6-2-1-3-7-16/h1-13,19H,14-15H2,(H,25,26,27). The number of rotatable bonds is 5. The molecule has 1 aliphatic heterocycles. The van der Waals surface area contributed by atoms with E-state index in [4.69, 9.17) is 4.74 Å². The highest BCUT2D eigenvalue weighted by molar-refractivity contribution is 7.99. The van der Waals surface area contributed by atoms with Gasteiger partial charge < -0.3 is 4.74 Å². The maximum absolute atomic E-state index is 13.4. The second-order valence-electron chi connectivity index (χ2n) is 6.96. The zero-order valence-electron chi connectivity index (χ0n) is 16.5. The fourth-order valence-corrected chi connectivity index (χ4v) is 4.22. The average molecular weight is 430 g/mol. The largest absolute Gasteiger partial charge is 0.489 e. The minimum absolute atomic E-state index is 0.0233. The third kappa shape index (κ3) is 4.02. The summed E-state index contributed by atoms with van der Waals surface area (Å²) < 4.78 is 5.95. The summed E-state index contributed by atoms with van der Waals surface area (Å²) in [6, 6.07) is 21.1. The lowest BCUT2D eigenvalue weighted by Gasteiger charge is -2.37. The number of H-pyrrole nitrogens is 1. The van der Waals surface area contributed by atoms with Gasteiger partial charge in [-0.2, -0.15) is 0 Å². The highest BCUT2D eigenvalue weighted by Crippen LogP contribution is 2.39. The van der Waals surface area contributed by atoms with Crippen LogP contribution in [0.3, 0.4) is 0 Å². The van der Waals surface area contributed by atoms with E-state index in [-0.39, 0.29) is 17.7 Å². The van der Waals surface area contributed by atoms with Gasteiger partial charge in [-0.15, -0.1) is 5.10 Å². The third-order valence-electron chi connectivity index (χ3n) is 5.03. The van der Waals surface area contributed by atoms with E-state index in [9.17, 15) is 4.79 Å². The summed E-state index contributed by atoms with van der Waals surface area (Å²) in [5.41, 5.74) is 2.71. The molecule has 2 aromatic carbocycles. The molecule has 1 unspecified atom stereocenters. The van der Waals surface area contributed by atoms with E-state index in [2.05, 4.69) is 20.2 Å². The van der Waals surface area contributed by atoms with Crippen LogP contribution in [0, 0.1) is 0 Å². The van der Waals surface area contributed by atoms with Crippen molar-refractivity contribution >= 4 is 23.4 Å². The number of fused-ring (bicyclic) bond motifs is 1. The minimum atomic E-state index is -0.191. The van der Waals surface area contributed by atoms with Crippen molar-refractivity contribution < 1.29 is 9.53 Å². The van der Waals surface area contributed by atoms with Crippen LogP contribution in [0.4, 0.5) is 5.69 Å². The first kappa shape index (κ1) is 19.3. The number of carbonyl (C=O) groups is 1. The van der Waals surface area contributed by atoms with Gasteiger partial charge in [-0.05, 0) is 29.8 Å². The Bertz CT molecular complexity index is 1180. The number of nitrogens with zero attached hydrogens (tertiary/aromatic N) is 4. The second kappa shape index (κ2) is 8.61. The highest BCUT2D eigenvalue weighted by atomic mass is 32.2. The van der Waals surface area contributed by atoms with Crippen molar-refractivity contribution in [2.24, 2.45) is 0 Å². The molecule has 1 N–H and O–H groups in total. The van der Waals surface area contributed by atoms with Gasteiger partial charge in [-0.25, -0.2) is 4.98 Å². The number of nitrogens with one attached hydrogen (secondary N) is 1. The molecule has 0 aliphatic carbocycles. The molecule has 0 spiro atoms. The molecule has 2 aromatic heterocycles. The third-order valence-corrected chi connectivity index (χ3v) is 5.86. The van der Waals surface area contributed by atoms with Crippen LogP contribution < -0.4 is 9.64 Å². The lowest BCUT2D eigenvalue weighted by molar-refractivity contribution is -0.117. The van der Waals surface area contributed by atoms with Crippen molar-refractivity contribution in [3.8, 4) is 17.1 Å². The van der Waals surface area contributed by atoms with Crippen LogP contribution in [0.1, 0.15) is 11.6 Å². The lowest BCUT2D eigenvalue weighted by atomic mass is 10.0. The van der Waals surface area contributed by atoms with Gasteiger partial charge in [-0.3, -0.25) is 19.8 Å². The first-order valence-electron chi connectivity index (χ1n) is 9.84. The Hall–Kier alpha value is -3.65. The Kier molecular flexibility index (Phi) is 5.37. The molecule has 31 heavy (non-hydrogen) atoms. The van der Waals surface area contributed by atoms with Crippen molar-refractivity contribution in [2.75, 3.05) is 17.3 Å². The molecule has 0 bridgehead atoms. The van der Waals surface area contributed by atoms with Crippen molar-refractivity contribution in [3.05, 3.63) is 84.7 Å². The van der Waals surface area contributed by atoms with E-state index in [1.807, 2.05) is 71.6 Å². The van der Waals surface area contributed by atoms with E-state index in [1.54, 1.807) is 12.4 Å². The average Bonchev–Trinajstić information content (AvgIpc) is 3.32. The number of aromatic nitrogens is 4. The van der Waals surface area contributed by atoms with E-state index in [0.717, 1.165) is 16.8 Å². The number of amides is 1. The van der Waals surface area contributed by atoms with Crippen LogP contribution in [-0.2, 0) is 4.79 Å². The van der Waals surface area contributed by atoms with E-state index in [1.165, 1.54) is 11.8 Å². The van der Waals surface area contributed by atoms with Gasteiger partial charge in [0.2, 0.25) is 11.1 Å². The van der Waals surface area contributed by atoms with Gasteiger partial charge in [0.25, 0.3) is 0 Å². The maximum atomic E-state index is 13.4. The molecule has 1 amide bonds. The summed E-state index contributed by atoms with van der Waals surface area (Å²) in [5, 5.41) is 7.69. The van der Waals surface area contributed by atoms with Crippen LogP contribution in [-0.4, -0.2) is 38.4 Å². The molecule has 0 saturated heterocycles. The number of benzene rings is 2. The first-order valence-corrected chi connectivity index (χ1v) is 10.8. The normalized spacial score (nSPS) is 15.2. The summed E-state index contributed by atoms with van der Waals surface area (Å²) in [5.74, 6) is 1.55. The van der Waals surface area contributed by atoms with Gasteiger partial charge >= 0.3 is 0 Å². The molecule has 7 nitrogen and oxygen atoms in total. The number of anilines is 1. The molecule has 4 aromatic rings. The van der Waals surface area contributed by atoms with E-state index < -0.39 is 0 Å². The highest BCUT2D eigenvalue weighted by Gasteiger charge is 2.33. The Morgan fingerprint density at radius 3 is 2.68 bits per heavy atom. The van der Waals surface area contributed by atoms with E-state index in [0.29, 0.717) is 23.3 Å². The van der Waals surface area contributed by atoms with Crippen LogP contribution in [0.25, 0.3) is 11.4 Å². The van der Waals surface area contributed by atoms with Crippen LogP contribution in [0.5, 0.6) is 5.75 Å². The molecule has 5 rings (SSSR count). The molecule has 0 fully saturated rings. The fourth-order valence-electron chi connectivity index (χ4n) is 3.56. The number of pyridine rings is 1. The molecule has 0 radical (unpaired) electrons. The number of ether oxygens (including phenoxy) is 1. The molecular weight excluding hydrogens is 410 g/mol. The summed E-state index contributed by atoms with van der Waals surface area (Å²) in [7, 11) is 0. The summed E-state index contributed by atoms with van der Waals surface area (Å²) >= 11 is 1.31. The SMILES string of the molecule is O=C(CSc1n[nH]c(-c2ccncc2)n1)N1c2ccccc2OCC1c1ccccc1. The van der Waals surface area contributed by atoms with Gasteiger partial charge in [0.15, 0.2) is 5.82 Å². The molecular formula is C23H19N5O2S. The topological polar surface area (TPSA) is 84.0 Å². The molecule has 8 heteroatoms. The Balaban J connectivity index is 1.37. The van der Waals surface area contributed by atoms with Crippen molar-refractivity contribution in [3.63, 3.8) is 0 Å². The maximum Gasteiger partial charge on any atom is 0.238 e. The number of para-hydroxylation sites is 2. The number of hydrogen-bond donors (Lipinski definition) is 1. The van der Waals surface area contributed by atoms with Gasteiger partial charge in [0.05, 0.1) is 17.5 Å². The van der Waals surface area contributed by atoms with Crippen LogP contribution >= 0.6 is 11.8 Å². The summed E-state index contributed by atoms with van der Waals surface area (Å²) in [6.45, 7) is 0.407. The zero-order valence-corrected chi connectivity index (χ0v) is 17.3. The monoisotopic (exact) mass is 429 g/mol. The van der Waals surface area contributed by atoms with Crippen LogP contribution in [0.15, 0.2) is 84.3 Å². The molecule has 0 saturated carbocycles. The predicted molar refractivity (Wildman–Crippen MR) is 119 cm³/mol. The fraction of sp³-hybridized carbons (Fsp3) is 0.130. The second-order valence-corrected chi connectivity index (χ2v) is 7.90. The van der Waals surface area contributed by atoms with Gasteiger partial charge in [0.1, 0.15) is 12.4 Å². The minimum Gasteiger partial charge on any atom is -0.489 e. The Morgan fingerprint density at radius 2 is 1.84 bits per heavy atom. The molecule has 1 aliphatic rings. The Morgan fingerprint density at radius 1 is 1.06 bits per heavy atom.